The molecule has 1 amide bonds. The number of aromatic nitrogens is 2. The zero-order valence-electron chi connectivity index (χ0n) is 10.9. The molecular weight excluding hydrogens is 312 g/mol. The van der Waals surface area contributed by atoms with E-state index in [1.807, 2.05) is 4.90 Å². The van der Waals surface area contributed by atoms with Gasteiger partial charge in [0.2, 0.25) is 17.7 Å². The SMILES string of the molecule is COc1nc(NCCC(=O)N2CCCC2)ncc1Br. The molecule has 1 N–H and O–H groups in total. The molecule has 2 heterocycles. The molecule has 0 atom stereocenters. The molecule has 1 fully saturated rings. The molecule has 0 spiro atoms. The highest BCUT2D eigenvalue weighted by Crippen LogP contribution is 2.21. The summed E-state index contributed by atoms with van der Waals surface area (Å²) in [6, 6.07) is 0. The second-order valence-electron chi connectivity index (χ2n) is 4.32. The van der Waals surface area contributed by atoms with Gasteiger partial charge >= 0.3 is 0 Å². The van der Waals surface area contributed by atoms with Crippen molar-refractivity contribution in [2.24, 2.45) is 0 Å². The van der Waals surface area contributed by atoms with Gasteiger partial charge in [-0.25, -0.2) is 4.98 Å². The molecule has 1 aromatic rings. The summed E-state index contributed by atoms with van der Waals surface area (Å²) in [5, 5.41) is 3.03. The number of ether oxygens (including phenoxy) is 1. The van der Waals surface area contributed by atoms with Gasteiger partial charge in [-0.3, -0.25) is 4.79 Å². The summed E-state index contributed by atoms with van der Waals surface area (Å²) in [7, 11) is 1.55. The van der Waals surface area contributed by atoms with Gasteiger partial charge in [0.25, 0.3) is 0 Å². The van der Waals surface area contributed by atoms with Gasteiger partial charge in [0.15, 0.2) is 0 Å². The van der Waals surface area contributed by atoms with Crippen molar-refractivity contribution >= 4 is 27.8 Å². The van der Waals surface area contributed by atoms with Gasteiger partial charge in [-0.05, 0) is 28.8 Å². The van der Waals surface area contributed by atoms with Crippen LogP contribution >= 0.6 is 15.9 Å². The van der Waals surface area contributed by atoms with Crippen molar-refractivity contribution in [3.8, 4) is 5.88 Å². The van der Waals surface area contributed by atoms with Crippen LogP contribution in [-0.4, -0.2) is 47.5 Å². The Morgan fingerprint density at radius 2 is 2.26 bits per heavy atom. The van der Waals surface area contributed by atoms with Crippen LogP contribution in [0.4, 0.5) is 5.95 Å². The maximum absolute atomic E-state index is 11.8. The van der Waals surface area contributed by atoms with E-state index in [9.17, 15) is 4.79 Å². The third-order valence-electron chi connectivity index (χ3n) is 2.99. The van der Waals surface area contributed by atoms with Gasteiger partial charge in [0, 0.05) is 26.1 Å². The first-order valence-electron chi connectivity index (χ1n) is 6.29. The molecule has 7 heteroatoms. The minimum atomic E-state index is 0.189. The summed E-state index contributed by atoms with van der Waals surface area (Å²) in [6.07, 6.45) is 4.32. The molecule has 0 aromatic carbocycles. The van der Waals surface area contributed by atoms with E-state index >= 15 is 0 Å². The number of carbonyl (C=O) groups excluding carboxylic acids is 1. The normalized spacial score (nSPS) is 14.5. The van der Waals surface area contributed by atoms with Gasteiger partial charge in [-0.1, -0.05) is 0 Å². The monoisotopic (exact) mass is 328 g/mol. The predicted octanol–water partition coefficient (Wildman–Crippen LogP) is 1.67. The summed E-state index contributed by atoms with van der Waals surface area (Å²) in [4.78, 5) is 22.0. The van der Waals surface area contributed by atoms with E-state index < -0.39 is 0 Å². The smallest absolute Gasteiger partial charge is 0.232 e. The Balaban J connectivity index is 1.80. The topological polar surface area (TPSA) is 67.3 Å². The third-order valence-corrected chi connectivity index (χ3v) is 3.53. The lowest BCUT2D eigenvalue weighted by molar-refractivity contribution is -0.129. The minimum Gasteiger partial charge on any atom is -0.480 e. The van der Waals surface area contributed by atoms with Crippen LogP contribution in [0, 0.1) is 0 Å². The Hall–Kier alpha value is -1.37. The van der Waals surface area contributed by atoms with Crippen LogP contribution in [0.2, 0.25) is 0 Å². The summed E-state index contributed by atoms with van der Waals surface area (Å²) < 4.78 is 5.78. The van der Waals surface area contributed by atoms with E-state index in [2.05, 4.69) is 31.2 Å². The molecule has 19 heavy (non-hydrogen) atoms. The van der Waals surface area contributed by atoms with Crippen molar-refractivity contribution in [1.82, 2.24) is 14.9 Å². The Labute approximate surface area is 120 Å². The standard InChI is InChI=1S/C12H17BrN4O2/c1-19-11-9(13)8-15-12(16-11)14-5-4-10(18)17-6-2-3-7-17/h8H,2-7H2,1H3,(H,14,15,16). The summed E-state index contributed by atoms with van der Waals surface area (Å²) >= 11 is 3.29. The number of hydrogen-bond acceptors (Lipinski definition) is 5. The van der Waals surface area contributed by atoms with Crippen molar-refractivity contribution in [3.05, 3.63) is 10.7 Å². The molecule has 104 valence electrons. The molecule has 2 rings (SSSR count). The lowest BCUT2D eigenvalue weighted by atomic mass is 10.3. The predicted molar refractivity (Wildman–Crippen MR) is 75.2 cm³/mol. The fraction of sp³-hybridized carbons (Fsp3) is 0.583. The number of methoxy groups -OCH3 is 1. The summed E-state index contributed by atoms with van der Waals surface area (Å²) in [5.41, 5.74) is 0. The first kappa shape index (κ1) is 14.0. The molecular formula is C12H17BrN4O2. The fourth-order valence-electron chi connectivity index (χ4n) is 1.99. The Morgan fingerprint density at radius 3 is 2.95 bits per heavy atom. The van der Waals surface area contributed by atoms with Gasteiger partial charge in [0.1, 0.15) is 0 Å². The number of likely N-dealkylation sites (tertiary alicyclic amines) is 1. The Kier molecular flexibility index (Phi) is 4.95. The van der Waals surface area contributed by atoms with Crippen LogP contribution in [0.25, 0.3) is 0 Å². The molecule has 1 aliphatic heterocycles. The average Bonchev–Trinajstić information content (AvgIpc) is 2.94. The molecule has 0 bridgehead atoms. The lowest BCUT2D eigenvalue weighted by Crippen LogP contribution is -2.29. The van der Waals surface area contributed by atoms with Crippen molar-refractivity contribution in [2.45, 2.75) is 19.3 Å². The average molecular weight is 329 g/mol. The van der Waals surface area contributed by atoms with Crippen molar-refractivity contribution in [3.63, 3.8) is 0 Å². The minimum absolute atomic E-state index is 0.189. The van der Waals surface area contributed by atoms with E-state index in [4.69, 9.17) is 4.74 Å². The number of amides is 1. The number of hydrogen-bond donors (Lipinski definition) is 1. The molecule has 1 saturated heterocycles. The van der Waals surface area contributed by atoms with Gasteiger partial charge in [-0.15, -0.1) is 0 Å². The maximum Gasteiger partial charge on any atom is 0.232 e. The first-order valence-corrected chi connectivity index (χ1v) is 7.08. The van der Waals surface area contributed by atoms with E-state index in [1.54, 1.807) is 13.3 Å². The van der Waals surface area contributed by atoms with Crippen LogP contribution in [0.1, 0.15) is 19.3 Å². The van der Waals surface area contributed by atoms with Crippen molar-refractivity contribution in [1.29, 1.82) is 0 Å². The van der Waals surface area contributed by atoms with Crippen LogP contribution in [-0.2, 0) is 4.79 Å². The second-order valence-corrected chi connectivity index (χ2v) is 5.17. The highest BCUT2D eigenvalue weighted by molar-refractivity contribution is 9.10. The Bertz CT molecular complexity index is 449. The number of anilines is 1. The summed E-state index contributed by atoms with van der Waals surface area (Å²) in [6.45, 7) is 2.31. The quantitative estimate of drug-likeness (QED) is 0.890. The number of halogens is 1. The molecule has 1 aromatic heterocycles. The van der Waals surface area contributed by atoms with Crippen molar-refractivity contribution in [2.75, 3.05) is 32.1 Å². The number of rotatable bonds is 5. The van der Waals surface area contributed by atoms with Crippen LogP contribution in [0.5, 0.6) is 5.88 Å². The van der Waals surface area contributed by atoms with Crippen molar-refractivity contribution < 1.29 is 9.53 Å². The maximum atomic E-state index is 11.8. The molecule has 0 unspecified atom stereocenters. The largest absolute Gasteiger partial charge is 0.480 e. The van der Waals surface area contributed by atoms with Gasteiger partial charge in [0.05, 0.1) is 17.8 Å². The molecule has 0 aliphatic carbocycles. The zero-order valence-corrected chi connectivity index (χ0v) is 12.4. The fourth-order valence-corrected chi connectivity index (χ4v) is 2.34. The van der Waals surface area contributed by atoms with Crippen LogP contribution in [0.15, 0.2) is 10.7 Å². The zero-order chi connectivity index (χ0) is 13.7. The van der Waals surface area contributed by atoms with Gasteiger partial charge in [-0.2, -0.15) is 4.98 Å². The summed E-state index contributed by atoms with van der Waals surface area (Å²) in [5.74, 6) is 1.13. The number of nitrogens with one attached hydrogen (secondary N) is 1. The second kappa shape index (κ2) is 6.70. The van der Waals surface area contributed by atoms with Gasteiger partial charge < -0.3 is 15.0 Å². The van der Waals surface area contributed by atoms with Crippen LogP contribution in [0.3, 0.4) is 0 Å². The van der Waals surface area contributed by atoms with E-state index in [0.717, 1.165) is 25.9 Å². The van der Waals surface area contributed by atoms with E-state index in [0.29, 0.717) is 29.3 Å². The number of nitrogens with zero attached hydrogens (tertiary/aromatic N) is 3. The Morgan fingerprint density at radius 1 is 1.53 bits per heavy atom. The van der Waals surface area contributed by atoms with Crippen LogP contribution < -0.4 is 10.1 Å². The van der Waals surface area contributed by atoms with E-state index in [-0.39, 0.29) is 5.91 Å². The third kappa shape index (κ3) is 3.79. The highest BCUT2D eigenvalue weighted by atomic mass is 79.9. The van der Waals surface area contributed by atoms with E-state index in [1.165, 1.54) is 0 Å². The molecule has 0 saturated carbocycles. The highest BCUT2D eigenvalue weighted by Gasteiger charge is 2.17. The number of carbonyl (C=O) groups is 1. The lowest BCUT2D eigenvalue weighted by Gasteiger charge is -2.15. The molecule has 0 radical (unpaired) electrons. The first-order chi connectivity index (χ1) is 9.20. The molecule has 1 aliphatic rings. The molecule has 6 nitrogen and oxygen atoms in total.